The second-order valence-electron chi connectivity index (χ2n) is 5.49. The first kappa shape index (κ1) is 14.7. The minimum absolute atomic E-state index is 0.0232. The van der Waals surface area contributed by atoms with Crippen molar-refractivity contribution in [3.8, 4) is 0 Å². The molecule has 2 atom stereocenters. The lowest BCUT2D eigenvalue weighted by molar-refractivity contribution is -0.132. The van der Waals surface area contributed by atoms with Crippen molar-refractivity contribution in [2.24, 2.45) is 0 Å². The molecule has 1 fully saturated rings. The van der Waals surface area contributed by atoms with Crippen LogP contribution in [0, 0.1) is 0 Å². The van der Waals surface area contributed by atoms with Crippen molar-refractivity contribution < 1.29 is 9.53 Å². The van der Waals surface area contributed by atoms with Gasteiger partial charge in [-0.2, -0.15) is 0 Å². The standard InChI is InChI=1S/C16H20N4O2/c1-22-13-10-14(16-18-8-9-19-16)20(11-13)15(21)3-2-12-4-6-17-7-5-12/h4-9,13-14H,2-3,10-11H2,1H3,(H,18,19)/t13-,14?/m1/s1. The molecule has 1 aliphatic heterocycles. The summed E-state index contributed by atoms with van der Waals surface area (Å²) in [6.45, 7) is 0.622. The molecule has 6 nitrogen and oxygen atoms in total. The molecule has 116 valence electrons. The predicted molar refractivity (Wildman–Crippen MR) is 81.0 cm³/mol. The second kappa shape index (κ2) is 6.70. The number of methoxy groups -OCH3 is 1. The Bertz CT molecular complexity index is 600. The Hall–Kier alpha value is -2.21. The summed E-state index contributed by atoms with van der Waals surface area (Å²) in [5.41, 5.74) is 1.13. The average Bonchev–Trinajstić information content (AvgIpc) is 3.22. The highest BCUT2D eigenvalue weighted by atomic mass is 16.5. The molecule has 3 rings (SSSR count). The van der Waals surface area contributed by atoms with Gasteiger partial charge >= 0.3 is 0 Å². The molecule has 1 saturated heterocycles. The van der Waals surface area contributed by atoms with Gasteiger partial charge in [-0.25, -0.2) is 4.98 Å². The summed E-state index contributed by atoms with van der Waals surface area (Å²) in [5.74, 6) is 0.967. The van der Waals surface area contributed by atoms with E-state index in [-0.39, 0.29) is 18.1 Å². The van der Waals surface area contributed by atoms with Crippen LogP contribution in [0.2, 0.25) is 0 Å². The number of aromatic amines is 1. The minimum Gasteiger partial charge on any atom is -0.380 e. The summed E-state index contributed by atoms with van der Waals surface area (Å²) in [6, 6.07) is 3.86. The van der Waals surface area contributed by atoms with E-state index in [4.69, 9.17) is 4.74 Å². The normalized spacial score (nSPS) is 21.2. The smallest absolute Gasteiger partial charge is 0.223 e. The number of aromatic nitrogens is 3. The maximum absolute atomic E-state index is 12.6. The molecule has 0 aromatic carbocycles. The van der Waals surface area contributed by atoms with E-state index in [0.717, 1.165) is 24.2 Å². The molecular formula is C16H20N4O2. The van der Waals surface area contributed by atoms with Crippen molar-refractivity contribution in [1.82, 2.24) is 19.9 Å². The van der Waals surface area contributed by atoms with Gasteiger partial charge in [0, 0.05) is 51.3 Å². The topological polar surface area (TPSA) is 71.1 Å². The first-order valence-corrected chi connectivity index (χ1v) is 7.48. The molecule has 1 N–H and O–H groups in total. The van der Waals surface area contributed by atoms with E-state index in [2.05, 4.69) is 15.0 Å². The van der Waals surface area contributed by atoms with E-state index in [0.29, 0.717) is 13.0 Å². The number of H-pyrrole nitrogens is 1. The molecule has 0 saturated carbocycles. The van der Waals surface area contributed by atoms with E-state index in [9.17, 15) is 4.79 Å². The van der Waals surface area contributed by atoms with Gasteiger partial charge in [0.15, 0.2) is 0 Å². The molecule has 2 aromatic heterocycles. The fourth-order valence-corrected chi connectivity index (χ4v) is 2.91. The van der Waals surface area contributed by atoms with E-state index >= 15 is 0 Å². The molecule has 2 aromatic rings. The van der Waals surface area contributed by atoms with Gasteiger partial charge in [0.2, 0.25) is 5.91 Å². The molecule has 1 amide bonds. The third kappa shape index (κ3) is 3.17. The lowest BCUT2D eigenvalue weighted by atomic mass is 10.1. The number of imidazole rings is 1. The van der Waals surface area contributed by atoms with Gasteiger partial charge in [-0.3, -0.25) is 9.78 Å². The molecule has 3 heterocycles. The highest BCUT2D eigenvalue weighted by molar-refractivity contribution is 5.77. The second-order valence-corrected chi connectivity index (χ2v) is 5.49. The molecule has 1 aliphatic rings. The van der Waals surface area contributed by atoms with Crippen LogP contribution in [-0.2, 0) is 16.0 Å². The first-order chi connectivity index (χ1) is 10.8. The van der Waals surface area contributed by atoms with Crippen LogP contribution < -0.4 is 0 Å². The van der Waals surface area contributed by atoms with Gasteiger partial charge < -0.3 is 14.6 Å². The number of likely N-dealkylation sites (tertiary alicyclic amines) is 1. The van der Waals surface area contributed by atoms with Crippen LogP contribution in [0.1, 0.15) is 30.3 Å². The number of amides is 1. The van der Waals surface area contributed by atoms with Gasteiger partial charge in [-0.15, -0.1) is 0 Å². The van der Waals surface area contributed by atoms with E-state index in [1.54, 1.807) is 31.9 Å². The monoisotopic (exact) mass is 300 g/mol. The van der Waals surface area contributed by atoms with Crippen LogP contribution in [0.5, 0.6) is 0 Å². The van der Waals surface area contributed by atoms with Gasteiger partial charge in [0.05, 0.1) is 12.1 Å². The zero-order chi connectivity index (χ0) is 15.4. The first-order valence-electron chi connectivity index (χ1n) is 7.48. The van der Waals surface area contributed by atoms with Crippen LogP contribution in [0.15, 0.2) is 36.9 Å². The number of hydrogen-bond donors (Lipinski definition) is 1. The third-order valence-corrected chi connectivity index (χ3v) is 4.13. The van der Waals surface area contributed by atoms with E-state index in [1.807, 2.05) is 17.0 Å². The Labute approximate surface area is 129 Å². The number of nitrogens with one attached hydrogen (secondary N) is 1. The maximum Gasteiger partial charge on any atom is 0.223 e. The summed E-state index contributed by atoms with van der Waals surface area (Å²) in [5, 5.41) is 0. The molecule has 0 bridgehead atoms. The SMILES string of the molecule is CO[C@@H]1CC(c2ncc[nH]2)N(C(=O)CCc2ccncc2)C1. The van der Waals surface area contributed by atoms with Gasteiger partial charge in [0.25, 0.3) is 0 Å². The summed E-state index contributed by atoms with van der Waals surface area (Å²) in [7, 11) is 1.69. The Morgan fingerprint density at radius 3 is 2.91 bits per heavy atom. The van der Waals surface area contributed by atoms with Crippen molar-refractivity contribution in [3.63, 3.8) is 0 Å². The largest absolute Gasteiger partial charge is 0.380 e. The molecule has 22 heavy (non-hydrogen) atoms. The van der Waals surface area contributed by atoms with E-state index < -0.39 is 0 Å². The number of pyridine rings is 1. The number of aryl methyl sites for hydroxylation is 1. The Balaban J connectivity index is 1.66. The fourth-order valence-electron chi connectivity index (χ4n) is 2.91. The van der Waals surface area contributed by atoms with Crippen LogP contribution in [0.3, 0.4) is 0 Å². The summed E-state index contributed by atoms with van der Waals surface area (Å²) >= 11 is 0. The van der Waals surface area contributed by atoms with Crippen molar-refractivity contribution in [2.45, 2.75) is 31.4 Å². The average molecular weight is 300 g/mol. The van der Waals surface area contributed by atoms with Gasteiger partial charge in [-0.1, -0.05) is 0 Å². The number of rotatable bonds is 5. The van der Waals surface area contributed by atoms with E-state index in [1.165, 1.54) is 0 Å². The predicted octanol–water partition coefficient (Wildman–Crippen LogP) is 1.73. The molecule has 0 aliphatic carbocycles. The van der Waals surface area contributed by atoms with Crippen molar-refractivity contribution in [2.75, 3.05) is 13.7 Å². The van der Waals surface area contributed by atoms with Crippen LogP contribution >= 0.6 is 0 Å². The molecule has 0 spiro atoms. The minimum atomic E-state index is -0.0232. The number of hydrogen-bond acceptors (Lipinski definition) is 4. The zero-order valence-corrected chi connectivity index (χ0v) is 12.6. The molecular weight excluding hydrogens is 280 g/mol. The third-order valence-electron chi connectivity index (χ3n) is 4.13. The number of nitrogens with zero attached hydrogens (tertiary/aromatic N) is 3. The summed E-state index contributed by atoms with van der Waals surface area (Å²) in [6.07, 6.45) is 9.07. The maximum atomic E-state index is 12.6. The Morgan fingerprint density at radius 1 is 1.41 bits per heavy atom. The van der Waals surface area contributed by atoms with Crippen LogP contribution in [0.25, 0.3) is 0 Å². The van der Waals surface area contributed by atoms with Crippen LogP contribution in [0.4, 0.5) is 0 Å². The quantitative estimate of drug-likeness (QED) is 0.913. The fraction of sp³-hybridized carbons (Fsp3) is 0.438. The van der Waals surface area contributed by atoms with Crippen molar-refractivity contribution >= 4 is 5.91 Å². The molecule has 1 unspecified atom stereocenters. The van der Waals surface area contributed by atoms with Gasteiger partial charge in [0.1, 0.15) is 5.82 Å². The van der Waals surface area contributed by atoms with Crippen molar-refractivity contribution in [3.05, 3.63) is 48.3 Å². The number of carbonyl (C=O) groups is 1. The molecule has 6 heteroatoms. The van der Waals surface area contributed by atoms with Crippen molar-refractivity contribution in [1.29, 1.82) is 0 Å². The number of carbonyl (C=O) groups excluding carboxylic acids is 1. The highest BCUT2D eigenvalue weighted by Gasteiger charge is 2.37. The number of ether oxygens (including phenoxy) is 1. The lowest BCUT2D eigenvalue weighted by Gasteiger charge is -2.23. The Kier molecular flexibility index (Phi) is 4.48. The summed E-state index contributed by atoms with van der Waals surface area (Å²) < 4.78 is 5.44. The lowest BCUT2D eigenvalue weighted by Crippen LogP contribution is -2.32. The Morgan fingerprint density at radius 2 is 2.23 bits per heavy atom. The molecule has 0 radical (unpaired) electrons. The highest BCUT2D eigenvalue weighted by Crippen LogP contribution is 2.32. The summed E-state index contributed by atoms with van der Waals surface area (Å²) in [4.78, 5) is 25.9. The zero-order valence-electron chi connectivity index (χ0n) is 12.6. The van der Waals surface area contributed by atoms with Crippen LogP contribution in [-0.4, -0.2) is 45.5 Å². The van der Waals surface area contributed by atoms with Gasteiger partial charge in [-0.05, 0) is 24.1 Å².